The fourth-order valence-electron chi connectivity index (χ4n) is 4.75. The number of rotatable bonds is 10. The van der Waals surface area contributed by atoms with Gasteiger partial charge in [0.15, 0.2) is 0 Å². The first kappa shape index (κ1) is 27.1. The maximum absolute atomic E-state index is 12.4. The van der Waals surface area contributed by atoms with E-state index in [2.05, 4.69) is 10.3 Å². The Morgan fingerprint density at radius 1 is 1.16 bits per heavy atom. The van der Waals surface area contributed by atoms with Crippen LogP contribution in [0.4, 0.5) is 4.79 Å². The maximum Gasteiger partial charge on any atom is 0.409 e. The first-order valence-corrected chi connectivity index (χ1v) is 13.0. The van der Waals surface area contributed by atoms with Gasteiger partial charge in [-0.3, -0.25) is 9.48 Å². The zero-order valence-electron chi connectivity index (χ0n) is 22.2. The fourth-order valence-corrected chi connectivity index (χ4v) is 4.75. The van der Waals surface area contributed by atoms with Crippen LogP contribution in [-0.2, 0) is 29.5 Å². The zero-order valence-corrected chi connectivity index (χ0v) is 22.2. The van der Waals surface area contributed by atoms with Gasteiger partial charge < -0.3 is 19.5 Å². The fraction of sp³-hybridized carbons (Fsp3) is 0.464. The van der Waals surface area contributed by atoms with E-state index in [4.69, 9.17) is 14.5 Å². The number of aliphatic carboxylic acids is 1. The first-order chi connectivity index (χ1) is 18.3. The molecule has 0 bridgehead atoms. The molecular formula is C28H35N5O5. The Balaban J connectivity index is 1.32. The molecule has 10 heteroatoms. The summed E-state index contributed by atoms with van der Waals surface area (Å²) in [5, 5.41) is 17.8. The third-order valence-electron chi connectivity index (χ3n) is 6.85. The SMILES string of the molecule is Cc1nc(-c2nnn(C)c2CCCOC(=O)N(C)Cc2ccccc2)ccc1O[C@H]1CCC[C@H](C(=O)O)C1. The van der Waals surface area contributed by atoms with Crippen LogP contribution in [0.2, 0.25) is 0 Å². The van der Waals surface area contributed by atoms with Crippen LogP contribution in [-0.4, -0.2) is 61.8 Å². The molecule has 10 nitrogen and oxygen atoms in total. The first-order valence-electron chi connectivity index (χ1n) is 13.0. The lowest BCUT2D eigenvalue weighted by Crippen LogP contribution is -2.29. The minimum atomic E-state index is -0.757. The average molecular weight is 522 g/mol. The Morgan fingerprint density at radius 2 is 1.95 bits per heavy atom. The van der Waals surface area contributed by atoms with Crippen molar-refractivity contribution in [3.8, 4) is 17.1 Å². The third kappa shape index (κ3) is 6.87. The monoisotopic (exact) mass is 521 g/mol. The van der Waals surface area contributed by atoms with Crippen molar-refractivity contribution < 1.29 is 24.2 Å². The lowest BCUT2D eigenvalue weighted by atomic mass is 9.87. The molecule has 1 aliphatic rings. The molecule has 0 saturated heterocycles. The van der Waals surface area contributed by atoms with E-state index in [0.717, 1.165) is 24.1 Å². The molecule has 0 radical (unpaired) electrons. The number of hydrogen-bond acceptors (Lipinski definition) is 7. The lowest BCUT2D eigenvalue weighted by Gasteiger charge is -2.27. The van der Waals surface area contributed by atoms with Gasteiger partial charge in [0.05, 0.1) is 35.7 Å². The number of carbonyl (C=O) groups is 2. The van der Waals surface area contributed by atoms with Gasteiger partial charge in [-0.1, -0.05) is 35.5 Å². The Bertz CT molecular complexity index is 1250. The highest BCUT2D eigenvalue weighted by Gasteiger charge is 2.28. The van der Waals surface area contributed by atoms with E-state index in [9.17, 15) is 14.7 Å². The molecule has 0 spiro atoms. The summed E-state index contributed by atoms with van der Waals surface area (Å²) in [7, 11) is 3.55. The summed E-state index contributed by atoms with van der Waals surface area (Å²) in [6, 6.07) is 13.5. The lowest BCUT2D eigenvalue weighted by molar-refractivity contribution is -0.143. The van der Waals surface area contributed by atoms with Crippen LogP contribution in [0.3, 0.4) is 0 Å². The van der Waals surface area contributed by atoms with Crippen LogP contribution in [0, 0.1) is 12.8 Å². The summed E-state index contributed by atoms with van der Waals surface area (Å²) in [6.07, 6.45) is 3.63. The van der Waals surface area contributed by atoms with Crippen molar-refractivity contribution in [1.82, 2.24) is 24.9 Å². The second-order valence-corrected chi connectivity index (χ2v) is 9.79. The number of carboxylic acids is 1. The smallest absolute Gasteiger partial charge is 0.409 e. The maximum atomic E-state index is 12.4. The van der Waals surface area contributed by atoms with Crippen molar-refractivity contribution in [1.29, 1.82) is 0 Å². The van der Waals surface area contributed by atoms with E-state index in [-0.39, 0.29) is 24.7 Å². The topological polar surface area (TPSA) is 120 Å². The van der Waals surface area contributed by atoms with Crippen molar-refractivity contribution in [2.75, 3.05) is 13.7 Å². The molecule has 2 atom stereocenters. The molecule has 202 valence electrons. The Kier molecular flexibility index (Phi) is 8.93. The summed E-state index contributed by atoms with van der Waals surface area (Å²) >= 11 is 0. The summed E-state index contributed by atoms with van der Waals surface area (Å²) in [5.74, 6) is -0.457. The van der Waals surface area contributed by atoms with Crippen molar-refractivity contribution in [3.63, 3.8) is 0 Å². The zero-order chi connectivity index (χ0) is 27.1. The van der Waals surface area contributed by atoms with Crippen LogP contribution in [0.15, 0.2) is 42.5 Å². The van der Waals surface area contributed by atoms with Gasteiger partial charge in [0, 0.05) is 20.6 Å². The Labute approximate surface area is 222 Å². The van der Waals surface area contributed by atoms with Gasteiger partial charge in [-0.05, 0) is 63.1 Å². The second kappa shape index (κ2) is 12.5. The van der Waals surface area contributed by atoms with E-state index in [1.165, 1.54) is 0 Å². The number of aryl methyl sites for hydroxylation is 2. The standard InChI is InChI=1S/C28H35N5O5/c1-19-25(38-22-12-7-11-21(17-22)27(34)35)15-14-23(29-19)26-24(33(3)31-30-26)13-8-16-37-28(36)32(2)18-20-9-5-4-6-10-20/h4-6,9-10,14-15,21-22H,7-8,11-13,16-18H2,1-3H3,(H,34,35)/t21-,22-/m0/s1. The van der Waals surface area contributed by atoms with Crippen molar-refractivity contribution >= 4 is 12.1 Å². The number of aromatic nitrogens is 4. The summed E-state index contributed by atoms with van der Waals surface area (Å²) in [4.78, 5) is 30.0. The van der Waals surface area contributed by atoms with Gasteiger partial charge in [-0.25, -0.2) is 9.78 Å². The molecule has 1 fully saturated rings. The highest BCUT2D eigenvalue weighted by molar-refractivity contribution is 5.70. The van der Waals surface area contributed by atoms with Gasteiger partial charge in [0.1, 0.15) is 11.4 Å². The van der Waals surface area contributed by atoms with Gasteiger partial charge in [0.25, 0.3) is 0 Å². The molecule has 1 aliphatic carbocycles. The predicted molar refractivity (Wildman–Crippen MR) is 141 cm³/mol. The number of ether oxygens (including phenoxy) is 2. The van der Waals surface area contributed by atoms with E-state index in [0.29, 0.717) is 55.1 Å². The van der Waals surface area contributed by atoms with Crippen LogP contribution in [0.1, 0.15) is 49.1 Å². The molecule has 2 aromatic heterocycles. The molecule has 1 aromatic carbocycles. The minimum Gasteiger partial charge on any atom is -0.489 e. The largest absolute Gasteiger partial charge is 0.489 e. The number of benzene rings is 1. The summed E-state index contributed by atoms with van der Waals surface area (Å²) in [5.41, 5.74) is 4.02. The highest BCUT2D eigenvalue weighted by atomic mass is 16.6. The van der Waals surface area contributed by atoms with Crippen LogP contribution < -0.4 is 4.74 Å². The highest BCUT2D eigenvalue weighted by Crippen LogP contribution is 2.30. The second-order valence-electron chi connectivity index (χ2n) is 9.79. The van der Waals surface area contributed by atoms with Gasteiger partial charge in [-0.15, -0.1) is 5.10 Å². The average Bonchev–Trinajstić information content (AvgIpc) is 3.28. The molecule has 0 unspecified atom stereocenters. The number of carbonyl (C=O) groups excluding carboxylic acids is 1. The van der Waals surface area contributed by atoms with Crippen LogP contribution >= 0.6 is 0 Å². The number of hydrogen-bond donors (Lipinski definition) is 1. The Hall–Kier alpha value is -3.95. The number of amides is 1. The summed E-state index contributed by atoms with van der Waals surface area (Å²) in [6.45, 7) is 2.64. The summed E-state index contributed by atoms with van der Waals surface area (Å²) < 4.78 is 13.3. The van der Waals surface area contributed by atoms with Gasteiger partial charge >= 0.3 is 12.1 Å². The predicted octanol–water partition coefficient (Wildman–Crippen LogP) is 4.41. The molecule has 1 amide bonds. The normalized spacial score (nSPS) is 17.1. The molecule has 2 heterocycles. The third-order valence-corrected chi connectivity index (χ3v) is 6.85. The van der Waals surface area contributed by atoms with Gasteiger partial charge in [0.2, 0.25) is 0 Å². The van der Waals surface area contributed by atoms with E-state index >= 15 is 0 Å². The van der Waals surface area contributed by atoms with Crippen LogP contribution in [0.25, 0.3) is 11.4 Å². The number of carboxylic acid groups (broad SMARTS) is 1. The number of pyridine rings is 1. The quantitative estimate of drug-likeness (QED) is 0.390. The van der Waals surface area contributed by atoms with Crippen molar-refractivity contribution in [3.05, 3.63) is 59.4 Å². The van der Waals surface area contributed by atoms with Crippen LogP contribution in [0.5, 0.6) is 5.75 Å². The molecule has 1 N–H and O–H groups in total. The van der Waals surface area contributed by atoms with E-state index in [1.807, 2.05) is 56.4 Å². The van der Waals surface area contributed by atoms with Gasteiger partial charge in [-0.2, -0.15) is 0 Å². The molecule has 1 saturated carbocycles. The molecule has 38 heavy (non-hydrogen) atoms. The molecule has 3 aromatic rings. The Morgan fingerprint density at radius 3 is 2.68 bits per heavy atom. The van der Waals surface area contributed by atoms with Crippen molar-refractivity contribution in [2.24, 2.45) is 13.0 Å². The van der Waals surface area contributed by atoms with E-state index < -0.39 is 5.97 Å². The van der Waals surface area contributed by atoms with Crippen molar-refractivity contribution in [2.45, 2.75) is 58.1 Å². The molecular weight excluding hydrogens is 486 g/mol. The molecule has 4 rings (SSSR count). The minimum absolute atomic E-state index is 0.127. The number of nitrogens with zero attached hydrogens (tertiary/aromatic N) is 5. The van der Waals surface area contributed by atoms with E-state index in [1.54, 1.807) is 16.6 Å². The molecule has 0 aliphatic heterocycles.